The summed E-state index contributed by atoms with van der Waals surface area (Å²) in [6, 6.07) is 7.02. The summed E-state index contributed by atoms with van der Waals surface area (Å²) < 4.78 is 15.9. The van der Waals surface area contributed by atoms with Gasteiger partial charge in [-0.05, 0) is 12.1 Å². The number of ether oxygens (including phenoxy) is 3. The van der Waals surface area contributed by atoms with Gasteiger partial charge in [0.15, 0.2) is 11.5 Å². The molecular formula is C12H16N2O3. The van der Waals surface area contributed by atoms with Gasteiger partial charge in [0.2, 0.25) is 5.75 Å². The van der Waals surface area contributed by atoms with Crippen molar-refractivity contribution < 1.29 is 14.2 Å². The molecule has 0 aromatic heterocycles. The summed E-state index contributed by atoms with van der Waals surface area (Å²) >= 11 is 0. The van der Waals surface area contributed by atoms with Crippen molar-refractivity contribution >= 4 is 0 Å². The molecule has 0 aliphatic heterocycles. The van der Waals surface area contributed by atoms with E-state index in [9.17, 15) is 0 Å². The third-order valence-electron chi connectivity index (χ3n) is 2.18. The Morgan fingerprint density at radius 1 is 1.29 bits per heavy atom. The van der Waals surface area contributed by atoms with E-state index in [0.717, 1.165) is 0 Å². The van der Waals surface area contributed by atoms with Gasteiger partial charge in [-0.2, -0.15) is 5.26 Å². The summed E-state index contributed by atoms with van der Waals surface area (Å²) in [7, 11) is 3.10. The first-order valence-corrected chi connectivity index (χ1v) is 5.19. The summed E-state index contributed by atoms with van der Waals surface area (Å²) in [6.07, 6.45) is 0.247. The van der Waals surface area contributed by atoms with Crippen molar-refractivity contribution in [2.75, 3.05) is 20.8 Å². The minimum Gasteiger partial charge on any atom is -0.493 e. The molecule has 1 unspecified atom stereocenters. The molecule has 1 aromatic rings. The van der Waals surface area contributed by atoms with E-state index in [0.29, 0.717) is 17.2 Å². The normalized spacial score (nSPS) is 11.4. The minimum atomic E-state index is -0.324. The van der Waals surface area contributed by atoms with E-state index in [1.165, 1.54) is 0 Å². The van der Waals surface area contributed by atoms with E-state index in [1.807, 2.05) is 6.07 Å². The van der Waals surface area contributed by atoms with Crippen LogP contribution >= 0.6 is 0 Å². The average Bonchev–Trinajstić information content (AvgIpc) is 2.36. The van der Waals surface area contributed by atoms with Crippen LogP contribution in [-0.2, 0) is 0 Å². The summed E-state index contributed by atoms with van der Waals surface area (Å²) in [5.41, 5.74) is 5.69. The molecule has 0 radical (unpaired) electrons. The van der Waals surface area contributed by atoms with Gasteiger partial charge in [0.1, 0.15) is 6.61 Å². The first-order chi connectivity index (χ1) is 8.22. The second-order valence-corrected chi connectivity index (χ2v) is 3.42. The Labute approximate surface area is 101 Å². The van der Waals surface area contributed by atoms with Crippen LogP contribution in [0.15, 0.2) is 18.2 Å². The summed E-state index contributed by atoms with van der Waals surface area (Å²) in [5, 5.41) is 8.50. The van der Waals surface area contributed by atoms with E-state index >= 15 is 0 Å². The maximum Gasteiger partial charge on any atom is 0.203 e. The zero-order chi connectivity index (χ0) is 12.7. The lowest BCUT2D eigenvalue weighted by atomic mass is 10.2. The molecule has 0 fully saturated rings. The van der Waals surface area contributed by atoms with Crippen molar-refractivity contribution in [3.63, 3.8) is 0 Å². The number of hydrogen-bond acceptors (Lipinski definition) is 5. The largest absolute Gasteiger partial charge is 0.493 e. The molecule has 0 saturated heterocycles. The molecule has 17 heavy (non-hydrogen) atoms. The van der Waals surface area contributed by atoms with Gasteiger partial charge in [-0.25, -0.2) is 0 Å². The van der Waals surface area contributed by atoms with Crippen LogP contribution in [0.1, 0.15) is 6.42 Å². The van der Waals surface area contributed by atoms with Crippen LogP contribution in [0.3, 0.4) is 0 Å². The van der Waals surface area contributed by atoms with Crippen molar-refractivity contribution in [3.8, 4) is 23.3 Å². The van der Waals surface area contributed by atoms with Gasteiger partial charge in [-0.3, -0.25) is 0 Å². The van der Waals surface area contributed by atoms with Gasteiger partial charge in [0.05, 0.1) is 32.8 Å². The van der Waals surface area contributed by atoms with Crippen molar-refractivity contribution in [2.24, 2.45) is 5.73 Å². The Hall–Kier alpha value is -1.93. The average molecular weight is 236 g/mol. The van der Waals surface area contributed by atoms with Crippen LogP contribution in [0, 0.1) is 11.3 Å². The molecule has 0 spiro atoms. The van der Waals surface area contributed by atoms with Gasteiger partial charge in [-0.15, -0.1) is 0 Å². The Morgan fingerprint density at radius 2 is 1.88 bits per heavy atom. The van der Waals surface area contributed by atoms with Gasteiger partial charge in [-0.1, -0.05) is 6.07 Å². The minimum absolute atomic E-state index is 0.240. The smallest absolute Gasteiger partial charge is 0.203 e. The topological polar surface area (TPSA) is 77.5 Å². The molecule has 0 saturated carbocycles. The fraction of sp³-hybridized carbons (Fsp3) is 0.417. The van der Waals surface area contributed by atoms with Gasteiger partial charge < -0.3 is 19.9 Å². The molecule has 0 aliphatic rings. The molecule has 92 valence electrons. The molecule has 5 heteroatoms. The second kappa shape index (κ2) is 6.61. The molecule has 2 N–H and O–H groups in total. The van der Waals surface area contributed by atoms with E-state index < -0.39 is 0 Å². The molecule has 1 aromatic carbocycles. The van der Waals surface area contributed by atoms with Gasteiger partial charge in [0, 0.05) is 0 Å². The number of nitrogens with two attached hydrogens (primary N) is 1. The molecular weight excluding hydrogens is 220 g/mol. The molecule has 0 aliphatic carbocycles. The van der Waals surface area contributed by atoms with Crippen molar-refractivity contribution in [1.82, 2.24) is 0 Å². The zero-order valence-corrected chi connectivity index (χ0v) is 9.97. The standard InChI is InChI=1S/C12H16N2O3/c1-15-10-4-3-5-11(16-2)12(10)17-8-9(14)6-7-13/h3-5,9H,6,8,14H2,1-2H3. The van der Waals surface area contributed by atoms with Crippen LogP contribution in [0.4, 0.5) is 0 Å². The maximum atomic E-state index is 8.50. The SMILES string of the molecule is COc1cccc(OC)c1OCC(N)CC#N. The highest BCUT2D eigenvalue weighted by Crippen LogP contribution is 2.36. The molecule has 0 bridgehead atoms. The number of para-hydroxylation sites is 1. The highest BCUT2D eigenvalue weighted by atomic mass is 16.5. The van der Waals surface area contributed by atoms with Crippen LogP contribution in [0.5, 0.6) is 17.2 Å². The summed E-state index contributed by atoms with van der Waals surface area (Å²) in [6.45, 7) is 0.240. The van der Waals surface area contributed by atoms with E-state index in [4.69, 9.17) is 25.2 Å². The quantitative estimate of drug-likeness (QED) is 0.806. The number of methoxy groups -OCH3 is 2. The Bertz CT molecular complexity index is 379. The van der Waals surface area contributed by atoms with E-state index in [1.54, 1.807) is 32.4 Å². The Morgan fingerprint density at radius 3 is 2.35 bits per heavy atom. The van der Waals surface area contributed by atoms with Crippen molar-refractivity contribution in [3.05, 3.63) is 18.2 Å². The highest BCUT2D eigenvalue weighted by Gasteiger charge is 2.12. The second-order valence-electron chi connectivity index (χ2n) is 3.42. The van der Waals surface area contributed by atoms with Crippen LogP contribution in [0.25, 0.3) is 0 Å². The number of rotatable bonds is 6. The van der Waals surface area contributed by atoms with E-state index in [-0.39, 0.29) is 19.1 Å². The Kier molecular flexibility index (Phi) is 5.11. The van der Waals surface area contributed by atoms with E-state index in [2.05, 4.69) is 0 Å². The third-order valence-corrected chi connectivity index (χ3v) is 2.18. The Balaban J connectivity index is 2.78. The predicted molar refractivity (Wildman–Crippen MR) is 63.2 cm³/mol. The molecule has 1 atom stereocenters. The molecule has 0 amide bonds. The fourth-order valence-electron chi connectivity index (χ4n) is 1.33. The number of benzene rings is 1. The van der Waals surface area contributed by atoms with Gasteiger partial charge in [0.25, 0.3) is 0 Å². The predicted octanol–water partition coefficient (Wildman–Crippen LogP) is 1.32. The van der Waals surface area contributed by atoms with Crippen LogP contribution < -0.4 is 19.9 Å². The zero-order valence-electron chi connectivity index (χ0n) is 9.97. The third kappa shape index (κ3) is 3.54. The molecule has 1 rings (SSSR count). The first-order valence-electron chi connectivity index (χ1n) is 5.19. The van der Waals surface area contributed by atoms with Crippen LogP contribution in [0.2, 0.25) is 0 Å². The fourth-order valence-corrected chi connectivity index (χ4v) is 1.33. The lowest BCUT2D eigenvalue weighted by Gasteiger charge is -2.15. The maximum absolute atomic E-state index is 8.50. The molecule has 5 nitrogen and oxygen atoms in total. The first kappa shape index (κ1) is 13.1. The van der Waals surface area contributed by atoms with Crippen molar-refractivity contribution in [2.45, 2.75) is 12.5 Å². The van der Waals surface area contributed by atoms with Crippen molar-refractivity contribution in [1.29, 1.82) is 5.26 Å². The lowest BCUT2D eigenvalue weighted by molar-refractivity contribution is 0.257. The number of hydrogen-bond donors (Lipinski definition) is 1. The summed E-state index contributed by atoms with van der Waals surface area (Å²) in [5.74, 6) is 1.66. The molecule has 0 heterocycles. The van der Waals surface area contributed by atoms with Crippen LogP contribution in [-0.4, -0.2) is 26.9 Å². The number of nitriles is 1. The lowest BCUT2D eigenvalue weighted by Crippen LogP contribution is -2.27. The monoisotopic (exact) mass is 236 g/mol. The number of nitrogens with zero attached hydrogens (tertiary/aromatic N) is 1. The summed E-state index contributed by atoms with van der Waals surface area (Å²) in [4.78, 5) is 0. The van der Waals surface area contributed by atoms with Gasteiger partial charge >= 0.3 is 0 Å². The highest BCUT2D eigenvalue weighted by molar-refractivity contribution is 5.51.